The smallest absolute Gasteiger partial charge is 0.399 e. The van der Waals surface area contributed by atoms with Crippen LogP contribution in [0.25, 0.3) is 0 Å². The number of pyridine rings is 1. The van der Waals surface area contributed by atoms with Crippen LogP contribution in [-0.4, -0.2) is 81.3 Å². The van der Waals surface area contributed by atoms with Crippen LogP contribution in [0.4, 0.5) is 19.0 Å². The molecule has 1 aliphatic heterocycles. The number of piperazine rings is 1. The highest BCUT2D eigenvalue weighted by atomic mass is 19.4. The lowest BCUT2D eigenvalue weighted by Gasteiger charge is -2.35. The molecule has 3 N–H and O–H groups in total. The largest absolute Gasteiger partial charge is 0.418 e. The predicted octanol–water partition coefficient (Wildman–Crippen LogP) is 6.77. The summed E-state index contributed by atoms with van der Waals surface area (Å²) in [5, 5.41) is 15.6. The van der Waals surface area contributed by atoms with Gasteiger partial charge in [-0.25, -0.2) is 4.98 Å². The maximum Gasteiger partial charge on any atom is 0.418 e. The third-order valence-electron chi connectivity index (χ3n) is 7.33. The molecule has 1 saturated heterocycles. The molecule has 1 fully saturated rings. The van der Waals surface area contributed by atoms with E-state index in [-0.39, 0.29) is 17.9 Å². The Morgan fingerprint density at radius 1 is 1.13 bits per heavy atom. The number of hydrogen-bond donors (Lipinski definition) is 2. The van der Waals surface area contributed by atoms with Crippen molar-refractivity contribution in [1.82, 2.24) is 9.88 Å². The Morgan fingerprint density at radius 3 is 2.21 bits per heavy atom. The molecular weight excluding hydrogens is 609 g/mol. The fourth-order valence-electron chi connectivity index (χ4n) is 4.67. The number of alkyl halides is 3. The third-order valence-corrected chi connectivity index (χ3v) is 7.33. The summed E-state index contributed by atoms with van der Waals surface area (Å²) in [4.78, 5) is 20.7. The van der Waals surface area contributed by atoms with E-state index in [9.17, 15) is 18.0 Å². The minimum Gasteiger partial charge on any atom is -0.399 e. The van der Waals surface area contributed by atoms with E-state index in [1.807, 2.05) is 41.3 Å². The molecule has 9 nitrogen and oxygen atoms in total. The van der Waals surface area contributed by atoms with Crippen molar-refractivity contribution in [3.8, 4) is 6.07 Å². The number of nitrogens with one attached hydrogen (secondary N) is 1. The van der Waals surface area contributed by atoms with E-state index in [0.29, 0.717) is 31.5 Å². The Labute approximate surface area is 277 Å². The topological polar surface area (TPSA) is 129 Å². The van der Waals surface area contributed by atoms with Crippen LogP contribution in [0.5, 0.6) is 0 Å². The van der Waals surface area contributed by atoms with Crippen LogP contribution in [0, 0.1) is 22.7 Å². The number of rotatable bonds is 13. The molecule has 2 heterocycles. The first-order chi connectivity index (χ1) is 22.5. The number of carbonyl (C=O) groups is 1. The summed E-state index contributed by atoms with van der Waals surface area (Å²) in [5.41, 5.74) is 4.59. The van der Waals surface area contributed by atoms with Crippen LogP contribution in [0.1, 0.15) is 62.4 Å². The summed E-state index contributed by atoms with van der Waals surface area (Å²) in [6.07, 6.45) is 1.57. The van der Waals surface area contributed by atoms with Crippen LogP contribution in [0.15, 0.2) is 72.1 Å². The first-order valence-electron chi connectivity index (χ1n) is 15.7. The van der Waals surface area contributed by atoms with Gasteiger partial charge in [-0.2, -0.15) is 18.4 Å². The Balaban J connectivity index is 0.000000382. The van der Waals surface area contributed by atoms with Gasteiger partial charge in [0.25, 0.3) is 5.91 Å². The number of aromatic nitrogens is 1. The summed E-state index contributed by atoms with van der Waals surface area (Å²) >= 11 is 0. The number of nitrogens with two attached hydrogens (primary N) is 1. The van der Waals surface area contributed by atoms with Gasteiger partial charge in [0.15, 0.2) is 0 Å². The van der Waals surface area contributed by atoms with Gasteiger partial charge in [-0.05, 0) is 48.6 Å². The Bertz CT molecular complexity index is 1290. The van der Waals surface area contributed by atoms with Crippen LogP contribution >= 0.6 is 0 Å². The average Bonchev–Trinajstić information content (AvgIpc) is 3.08. The lowest BCUT2D eigenvalue weighted by Crippen LogP contribution is -2.49. The van der Waals surface area contributed by atoms with E-state index < -0.39 is 17.4 Å². The molecule has 3 rings (SSSR count). The van der Waals surface area contributed by atoms with Gasteiger partial charge in [-0.1, -0.05) is 58.4 Å². The van der Waals surface area contributed by atoms with Crippen molar-refractivity contribution in [2.24, 2.45) is 11.7 Å². The van der Waals surface area contributed by atoms with Crippen molar-refractivity contribution in [2.45, 2.75) is 52.6 Å². The fourth-order valence-corrected chi connectivity index (χ4v) is 4.67. The first kappa shape index (κ1) is 40.8. The highest BCUT2D eigenvalue weighted by Gasteiger charge is 2.36. The normalized spacial score (nSPS) is 13.9. The van der Waals surface area contributed by atoms with Gasteiger partial charge in [0.2, 0.25) is 0 Å². The zero-order chi connectivity index (χ0) is 35.2. The van der Waals surface area contributed by atoms with Gasteiger partial charge in [0, 0.05) is 63.6 Å². The van der Waals surface area contributed by atoms with E-state index in [1.165, 1.54) is 26.2 Å². The maximum atomic E-state index is 12.4. The van der Waals surface area contributed by atoms with Crippen LogP contribution < -0.4 is 10.6 Å². The molecule has 1 unspecified atom stereocenters. The molecule has 2 aromatic rings. The number of nitriles is 1. The minimum atomic E-state index is -4.53. The number of allylic oxidation sites excluding steroid dienone is 2. The fraction of sp³-hybridized carbons (Fsp3) is 0.486. The predicted molar refractivity (Wildman–Crippen MR) is 180 cm³/mol. The van der Waals surface area contributed by atoms with Crippen molar-refractivity contribution in [2.75, 3.05) is 58.0 Å². The third kappa shape index (κ3) is 14.8. The van der Waals surface area contributed by atoms with E-state index in [1.54, 1.807) is 19.4 Å². The molecule has 1 aromatic heterocycles. The molecule has 0 radical (unpaired) electrons. The maximum absolute atomic E-state index is 12.4. The number of carbonyl (C=O) groups excluding carboxylic acids is 1. The van der Waals surface area contributed by atoms with Gasteiger partial charge in [-0.15, -0.1) is 0 Å². The minimum absolute atomic E-state index is 0.0769. The summed E-state index contributed by atoms with van der Waals surface area (Å²) < 4.78 is 47.2. The number of ether oxygens (including phenoxy) is 2. The van der Waals surface area contributed by atoms with Crippen molar-refractivity contribution in [1.29, 1.82) is 10.7 Å². The molecular formula is C35H49F3N6O3. The van der Waals surface area contributed by atoms with Crippen LogP contribution in [-0.2, 0) is 9.47 Å². The molecule has 1 amide bonds. The highest BCUT2D eigenvalue weighted by Crippen LogP contribution is 2.31. The first-order valence-corrected chi connectivity index (χ1v) is 15.7. The molecule has 0 bridgehead atoms. The molecule has 258 valence electrons. The molecule has 1 aromatic carbocycles. The quantitative estimate of drug-likeness (QED) is 0.138. The van der Waals surface area contributed by atoms with Gasteiger partial charge in [0.1, 0.15) is 11.9 Å². The number of benzene rings is 1. The number of amides is 1. The van der Waals surface area contributed by atoms with Crippen LogP contribution in [0.2, 0.25) is 0 Å². The summed E-state index contributed by atoms with van der Waals surface area (Å²) in [5.74, 6) is 1.67. The van der Waals surface area contributed by atoms with Gasteiger partial charge >= 0.3 is 6.18 Å². The lowest BCUT2D eigenvalue weighted by molar-refractivity contribution is -0.0899. The van der Waals surface area contributed by atoms with Crippen LogP contribution in [0.3, 0.4) is 0 Å². The number of hydrogen-bond acceptors (Lipinski definition) is 8. The highest BCUT2D eigenvalue weighted by molar-refractivity contribution is 5.94. The van der Waals surface area contributed by atoms with Crippen molar-refractivity contribution in [3.05, 3.63) is 83.2 Å². The standard InChI is InChI=1S/C17H16N4O.C10H22O2.C8H11F3N2/c18-12-14-6-7-16(19-13-14)20-8-10-21(11-9-20)17(22)15-4-2-1-3-5-15;1-4-6-10(5-2)9-12-8-7-11-3;1-3-6(4-12)7(5(2)13)8(9,10)11/h1-7,13H,8-11H2;10H,4-9H2,1-3H3;4,12H,2-3,13H2,1H3/b;;7-6+,12-4?. The SMILES string of the molecule is C=C(N)/C(=C(\C=N)CC)C(F)(F)F.CCCC(CC)COCCOC.N#Cc1ccc(N2CCN(C(=O)c3ccccc3)CC2)nc1. The van der Waals surface area contributed by atoms with E-state index in [0.717, 1.165) is 43.6 Å². The van der Waals surface area contributed by atoms with Crippen molar-refractivity contribution >= 4 is 17.9 Å². The summed E-state index contributed by atoms with van der Waals surface area (Å²) in [6, 6.07) is 15.0. The second-order valence-electron chi connectivity index (χ2n) is 10.7. The van der Waals surface area contributed by atoms with Gasteiger partial charge in [-0.3, -0.25) is 4.79 Å². The molecule has 1 atom stereocenters. The number of nitrogens with zero attached hydrogens (tertiary/aromatic N) is 4. The second-order valence-corrected chi connectivity index (χ2v) is 10.7. The molecule has 0 aliphatic carbocycles. The zero-order valence-corrected chi connectivity index (χ0v) is 28.0. The number of anilines is 1. The summed E-state index contributed by atoms with van der Waals surface area (Å²) in [6.45, 7) is 14.2. The van der Waals surface area contributed by atoms with E-state index in [2.05, 4.69) is 36.4 Å². The molecule has 47 heavy (non-hydrogen) atoms. The monoisotopic (exact) mass is 658 g/mol. The van der Waals surface area contributed by atoms with Crippen molar-refractivity contribution < 1.29 is 27.4 Å². The second kappa shape index (κ2) is 22.3. The average molecular weight is 659 g/mol. The Hall–Kier alpha value is -4.21. The molecule has 0 spiro atoms. The zero-order valence-electron chi connectivity index (χ0n) is 28.0. The van der Waals surface area contributed by atoms with Gasteiger partial charge in [0.05, 0.1) is 24.4 Å². The molecule has 12 heteroatoms. The van der Waals surface area contributed by atoms with Gasteiger partial charge < -0.3 is 30.4 Å². The van der Waals surface area contributed by atoms with E-state index >= 15 is 0 Å². The van der Waals surface area contributed by atoms with Crippen molar-refractivity contribution in [3.63, 3.8) is 0 Å². The molecule has 1 aliphatic rings. The number of methoxy groups -OCH3 is 1. The summed E-state index contributed by atoms with van der Waals surface area (Å²) in [7, 11) is 1.70. The van der Waals surface area contributed by atoms with E-state index in [4.69, 9.17) is 25.9 Å². The Kier molecular flexibility index (Phi) is 19.4. The number of halogens is 3. The molecule has 0 saturated carbocycles. The Morgan fingerprint density at radius 2 is 1.79 bits per heavy atom. The lowest BCUT2D eigenvalue weighted by atomic mass is 10.0.